The van der Waals surface area contributed by atoms with Crippen molar-refractivity contribution in [1.82, 2.24) is 0 Å². The zero-order valence-electron chi connectivity index (χ0n) is 50.1. The number of carbonyl (C=O) groups is 2. The lowest BCUT2D eigenvalue weighted by atomic mass is 10.0. The minimum Gasteiger partial charge on any atom is -0.756 e. The fraction of sp³-hybridized carbons (Fsp3) is 0.938. The van der Waals surface area contributed by atoms with Gasteiger partial charge in [0.15, 0.2) is 6.10 Å². The summed E-state index contributed by atoms with van der Waals surface area (Å²) in [5.74, 6) is -0.810. The lowest BCUT2D eigenvalue weighted by molar-refractivity contribution is -0.870. The Balaban J connectivity index is 4.04. The van der Waals surface area contributed by atoms with Crippen molar-refractivity contribution in [2.75, 3.05) is 47.5 Å². The van der Waals surface area contributed by atoms with Gasteiger partial charge in [-0.2, -0.15) is 0 Å². The summed E-state index contributed by atoms with van der Waals surface area (Å²) in [6, 6.07) is 0. The number of esters is 2. The summed E-state index contributed by atoms with van der Waals surface area (Å²) >= 11 is 0. The van der Waals surface area contributed by atoms with Crippen LogP contribution in [0.3, 0.4) is 0 Å². The van der Waals surface area contributed by atoms with Gasteiger partial charge in [-0.1, -0.05) is 296 Å². The minimum atomic E-state index is -4.63. The molecule has 9 nitrogen and oxygen atoms in total. The molecule has 0 amide bonds. The van der Waals surface area contributed by atoms with E-state index in [4.69, 9.17) is 18.5 Å². The SMILES string of the molecule is CCCCCCCCCC/C=C\CCCCCCCCCCCCCCCCCC(=O)OC(COC(=O)CCCCCCCCCCCCCCCCCCCCCCCCC)COP(=O)([O-])OCC[N+](C)(C)C. The van der Waals surface area contributed by atoms with Gasteiger partial charge in [0.05, 0.1) is 27.7 Å². The van der Waals surface area contributed by atoms with Crippen LogP contribution in [0.5, 0.6) is 0 Å². The van der Waals surface area contributed by atoms with Crippen LogP contribution < -0.4 is 4.89 Å². The maximum atomic E-state index is 12.8. The van der Waals surface area contributed by atoms with Crippen molar-refractivity contribution in [2.24, 2.45) is 0 Å². The Labute approximate surface area is 460 Å². The van der Waals surface area contributed by atoms with Gasteiger partial charge in [0.25, 0.3) is 7.82 Å². The molecule has 0 aliphatic rings. The third-order valence-corrected chi connectivity index (χ3v) is 15.7. The summed E-state index contributed by atoms with van der Waals surface area (Å²) in [5, 5.41) is 0. The quantitative estimate of drug-likeness (QED) is 0.0195. The molecule has 0 rings (SSSR count). The third kappa shape index (κ3) is 60.0. The number of likely N-dealkylation sites (N-methyl/N-ethyl adjacent to an activating group) is 1. The average molecular weight is 1070 g/mol. The first-order valence-corrected chi connectivity index (χ1v) is 33.9. The number of nitrogens with zero attached hydrogens (tertiary/aromatic N) is 1. The monoisotopic (exact) mass is 1070 g/mol. The Kier molecular flexibility index (Phi) is 55.5. The Morgan fingerprint density at radius 3 is 1.00 bits per heavy atom. The molecule has 0 saturated carbocycles. The Morgan fingerprint density at radius 2 is 0.689 bits per heavy atom. The predicted octanol–water partition coefficient (Wildman–Crippen LogP) is 19.8. The molecule has 0 aromatic heterocycles. The standard InChI is InChI=1S/C64H126NO8P/c1-6-8-10-12-14-16-18-20-22-24-26-28-30-31-32-33-35-37-39-41-43-45-47-49-51-53-55-57-64(67)73-62(61-72-74(68,69)71-59-58-65(3,4)5)60-70-63(66)56-54-52-50-48-46-44-42-40-38-36-34-29-27-25-23-21-19-17-15-13-11-9-7-2/h24,26,62H,6-23,25,27-61H2,1-5H3/b26-24-. The minimum absolute atomic E-state index is 0.0263. The van der Waals surface area contributed by atoms with Crippen molar-refractivity contribution in [2.45, 2.75) is 341 Å². The van der Waals surface area contributed by atoms with Crippen LogP contribution in [0.4, 0.5) is 0 Å². The zero-order valence-corrected chi connectivity index (χ0v) is 51.0. The number of ether oxygens (including phenoxy) is 2. The predicted molar refractivity (Wildman–Crippen MR) is 315 cm³/mol. The molecule has 0 saturated heterocycles. The molecule has 0 spiro atoms. The maximum Gasteiger partial charge on any atom is 0.306 e. The van der Waals surface area contributed by atoms with Crippen molar-refractivity contribution < 1.29 is 42.1 Å². The summed E-state index contributed by atoms with van der Waals surface area (Å²) in [7, 11) is 1.19. The van der Waals surface area contributed by atoms with Crippen LogP contribution in [0.25, 0.3) is 0 Å². The van der Waals surface area contributed by atoms with Gasteiger partial charge in [0, 0.05) is 12.8 Å². The van der Waals surface area contributed by atoms with Crippen molar-refractivity contribution in [3.63, 3.8) is 0 Å². The van der Waals surface area contributed by atoms with Crippen molar-refractivity contribution in [1.29, 1.82) is 0 Å². The molecule has 2 unspecified atom stereocenters. The fourth-order valence-electron chi connectivity index (χ4n) is 9.77. The second-order valence-corrected chi connectivity index (χ2v) is 24.9. The normalized spacial score (nSPS) is 13.2. The first kappa shape index (κ1) is 72.8. The summed E-state index contributed by atoms with van der Waals surface area (Å²) in [6.45, 7) is 4.32. The molecule has 74 heavy (non-hydrogen) atoms. The molecule has 0 heterocycles. The number of rotatable bonds is 61. The molecule has 0 radical (unpaired) electrons. The smallest absolute Gasteiger partial charge is 0.306 e. The van der Waals surface area contributed by atoms with Crippen LogP contribution in [0.1, 0.15) is 335 Å². The number of phosphoric ester groups is 1. The van der Waals surface area contributed by atoms with E-state index in [-0.39, 0.29) is 32.0 Å². The largest absolute Gasteiger partial charge is 0.756 e. The van der Waals surface area contributed by atoms with Gasteiger partial charge in [0.2, 0.25) is 0 Å². The molecular weight excluding hydrogens is 942 g/mol. The average Bonchev–Trinajstić information content (AvgIpc) is 3.36. The van der Waals surface area contributed by atoms with Gasteiger partial charge in [-0.05, 0) is 38.5 Å². The van der Waals surface area contributed by atoms with Gasteiger partial charge in [0.1, 0.15) is 19.8 Å². The molecule has 0 aliphatic heterocycles. The van der Waals surface area contributed by atoms with Crippen LogP contribution in [0.2, 0.25) is 0 Å². The lowest BCUT2D eigenvalue weighted by Gasteiger charge is -2.28. The van der Waals surface area contributed by atoms with Crippen molar-refractivity contribution in [3.8, 4) is 0 Å². The molecule has 10 heteroatoms. The maximum absolute atomic E-state index is 12.8. The molecule has 0 fully saturated rings. The molecule has 2 atom stereocenters. The van der Waals surface area contributed by atoms with Crippen LogP contribution in [0, 0.1) is 0 Å². The highest BCUT2D eigenvalue weighted by molar-refractivity contribution is 7.45. The van der Waals surface area contributed by atoms with Crippen molar-refractivity contribution >= 4 is 19.8 Å². The highest BCUT2D eigenvalue weighted by atomic mass is 31.2. The summed E-state index contributed by atoms with van der Waals surface area (Å²) < 4.78 is 34.3. The van der Waals surface area contributed by atoms with E-state index in [1.54, 1.807) is 0 Å². The number of carbonyl (C=O) groups excluding carboxylic acids is 2. The van der Waals surface area contributed by atoms with E-state index in [2.05, 4.69) is 26.0 Å². The van der Waals surface area contributed by atoms with E-state index >= 15 is 0 Å². The van der Waals surface area contributed by atoms with Crippen LogP contribution in [0.15, 0.2) is 12.2 Å². The Bertz CT molecular complexity index is 1260. The van der Waals surface area contributed by atoms with Gasteiger partial charge < -0.3 is 27.9 Å². The van der Waals surface area contributed by atoms with Gasteiger partial charge in [-0.15, -0.1) is 0 Å². The fourth-order valence-corrected chi connectivity index (χ4v) is 10.5. The van der Waals surface area contributed by atoms with E-state index in [1.165, 1.54) is 270 Å². The summed E-state index contributed by atoms with van der Waals surface area (Å²) in [4.78, 5) is 38.0. The van der Waals surface area contributed by atoms with Crippen LogP contribution in [-0.2, 0) is 32.7 Å². The van der Waals surface area contributed by atoms with Crippen LogP contribution >= 0.6 is 7.82 Å². The highest BCUT2D eigenvalue weighted by Crippen LogP contribution is 2.38. The van der Waals surface area contributed by atoms with E-state index in [0.29, 0.717) is 17.4 Å². The van der Waals surface area contributed by atoms with Gasteiger partial charge >= 0.3 is 11.9 Å². The number of hydrogen-bond acceptors (Lipinski definition) is 8. The Morgan fingerprint density at radius 1 is 0.405 bits per heavy atom. The molecular formula is C64H126NO8P. The molecule has 0 N–H and O–H groups in total. The Hall–Kier alpha value is -1.25. The summed E-state index contributed by atoms with van der Waals surface area (Å²) in [6.07, 6.45) is 67.0. The number of hydrogen-bond donors (Lipinski definition) is 0. The van der Waals surface area contributed by atoms with E-state index < -0.39 is 26.5 Å². The second kappa shape index (κ2) is 56.5. The summed E-state index contributed by atoms with van der Waals surface area (Å²) in [5.41, 5.74) is 0. The van der Waals surface area contributed by atoms with Crippen molar-refractivity contribution in [3.05, 3.63) is 12.2 Å². The number of unbranched alkanes of at least 4 members (excludes halogenated alkanes) is 45. The second-order valence-electron chi connectivity index (χ2n) is 23.5. The first-order chi connectivity index (χ1) is 36.0. The van der Waals surface area contributed by atoms with E-state index in [0.717, 1.165) is 32.1 Å². The van der Waals surface area contributed by atoms with Crippen LogP contribution in [-0.4, -0.2) is 70.0 Å². The number of allylic oxidation sites excluding steroid dienone is 2. The molecule has 0 aliphatic carbocycles. The molecule has 0 aromatic carbocycles. The molecule has 0 aromatic rings. The zero-order chi connectivity index (χ0) is 54.2. The van der Waals surface area contributed by atoms with Gasteiger partial charge in [-0.3, -0.25) is 14.2 Å². The lowest BCUT2D eigenvalue weighted by Crippen LogP contribution is -2.37. The first-order valence-electron chi connectivity index (χ1n) is 32.4. The third-order valence-electron chi connectivity index (χ3n) is 14.8. The molecule has 0 bridgehead atoms. The number of quaternary nitrogens is 1. The van der Waals surface area contributed by atoms with E-state index in [1.807, 2.05) is 21.1 Å². The highest BCUT2D eigenvalue weighted by Gasteiger charge is 2.22. The number of phosphoric acid groups is 1. The van der Waals surface area contributed by atoms with Gasteiger partial charge in [-0.25, -0.2) is 0 Å². The molecule has 440 valence electrons. The topological polar surface area (TPSA) is 111 Å². The van der Waals surface area contributed by atoms with E-state index in [9.17, 15) is 19.0 Å².